The van der Waals surface area contributed by atoms with Gasteiger partial charge in [-0.3, -0.25) is 4.79 Å². The molecule has 2 aromatic heterocycles. The molecule has 3 nitrogen and oxygen atoms in total. The summed E-state index contributed by atoms with van der Waals surface area (Å²) >= 11 is 1.32. The zero-order valence-corrected chi connectivity index (χ0v) is 9.95. The highest BCUT2D eigenvalue weighted by atomic mass is 32.1. The Morgan fingerprint density at radius 3 is 2.88 bits per heavy atom. The number of aryl methyl sites for hydroxylation is 1. The van der Waals surface area contributed by atoms with Gasteiger partial charge in [-0.25, -0.2) is 4.98 Å². The van der Waals surface area contributed by atoms with Crippen LogP contribution in [-0.4, -0.2) is 10.8 Å². The van der Waals surface area contributed by atoms with Crippen molar-refractivity contribution in [1.82, 2.24) is 4.98 Å². The molecule has 0 fully saturated rings. The first-order valence-electron chi connectivity index (χ1n) is 5.19. The average molecular weight is 243 g/mol. The molecule has 0 spiro atoms. The lowest BCUT2D eigenvalue weighted by Gasteiger charge is -1.93. The quantitative estimate of drug-likeness (QED) is 0.647. The van der Waals surface area contributed by atoms with Gasteiger partial charge in [-0.15, -0.1) is 11.3 Å². The lowest BCUT2D eigenvalue weighted by atomic mass is 10.1. The van der Waals surface area contributed by atoms with Crippen molar-refractivity contribution < 1.29 is 9.21 Å². The summed E-state index contributed by atoms with van der Waals surface area (Å²) in [5, 5.41) is 3.23. The smallest absolute Gasteiger partial charge is 0.256 e. The Labute approximate surface area is 102 Å². The number of benzene rings is 1. The monoisotopic (exact) mass is 243 g/mol. The fourth-order valence-corrected chi connectivity index (χ4v) is 2.40. The van der Waals surface area contributed by atoms with E-state index in [0.29, 0.717) is 10.8 Å². The summed E-state index contributed by atoms with van der Waals surface area (Å²) in [5.41, 5.74) is 1.62. The highest BCUT2D eigenvalue weighted by Gasteiger charge is 2.20. The van der Waals surface area contributed by atoms with Crippen LogP contribution in [0.4, 0.5) is 0 Å². The predicted octanol–water partition coefficient (Wildman–Crippen LogP) is 3.43. The van der Waals surface area contributed by atoms with Gasteiger partial charge < -0.3 is 4.42 Å². The number of rotatable bonds is 2. The minimum atomic E-state index is -0.145. The zero-order valence-electron chi connectivity index (χ0n) is 9.14. The minimum absolute atomic E-state index is 0.145. The molecule has 0 saturated heterocycles. The molecule has 0 amide bonds. The van der Waals surface area contributed by atoms with Crippen molar-refractivity contribution in [2.75, 3.05) is 0 Å². The molecule has 1 aromatic carbocycles. The molecule has 3 rings (SSSR count). The van der Waals surface area contributed by atoms with Gasteiger partial charge in [0.25, 0.3) is 5.78 Å². The Morgan fingerprint density at radius 1 is 1.35 bits per heavy atom. The first-order valence-corrected chi connectivity index (χ1v) is 6.07. The molecule has 3 aromatic rings. The first kappa shape index (κ1) is 10.2. The number of hydrogen-bond donors (Lipinski definition) is 0. The van der Waals surface area contributed by atoms with Crippen molar-refractivity contribution in [2.24, 2.45) is 0 Å². The summed E-state index contributed by atoms with van der Waals surface area (Å²) in [5.74, 6) is 0.245. The maximum Gasteiger partial charge on any atom is 0.256 e. The van der Waals surface area contributed by atoms with Gasteiger partial charge in [0.1, 0.15) is 5.58 Å². The van der Waals surface area contributed by atoms with Crippen LogP contribution < -0.4 is 0 Å². The van der Waals surface area contributed by atoms with Crippen LogP contribution in [0, 0.1) is 6.92 Å². The van der Waals surface area contributed by atoms with Gasteiger partial charge in [-0.05, 0) is 13.0 Å². The number of ketones is 1. The largest absolute Gasteiger partial charge is 0.452 e. The Kier molecular flexibility index (Phi) is 2.30. The van der Waals surface area contributed by atoms with E-state index in [1.54, 1.807) is 11.6 Å². The standard InChI is InChI=1S/C13H9NO2S/c1-8-9-4-2-3-5-10(9)16-12(8)11(15)13-14-6-7-17-13/h2-7H,1H3. The maximum absolute atomic E-state index is 12.2. The number of aromatic nitrogens is 1. The molecule has 0 atom stereocenters. The van der Waals surface area contributed by atoms with Crippen LogP contribution in [0.2, 0.25) is 0 Å². The van der Waals surface area contributed by atoms with E-state index in [2.05, 4.69) is 4.98 Å². The third kappa shape index (κ3) is 1.57. The normalized spacial score (nSPS) is 10.9. The van der Waals surface area contributed by atoms with Crippen molar-refractivity contribution in [3.63, 3.8) is 0 Å². The molecule has 17 heavy (non-hydrogen) atoms. The maximum atomic E-state index is 12.2. The average Bonchev–Trinajstić information content (AvgIpc) is 2.97. The molecule has 0 aliphatic heterocycles. The fraction of sp³-hybridized carbons (Fsp3) is 0.0769. The molecule has 4 heteroatoms. The predicted molar refractivity (Wildman–Crippen MR) is 66.5 cm³/mol. The lowest BCUT2D eigenvalue weighted by molar-refractivity contribution is 0.101. The van der Waals surface area contributed by atoms with E-state index in [4.69, 9.17) is 4.42 Å². The zero-order chi connectivity index (χ0) is 11.8. The first-order chi connectivity index (χ1) is 8.27. The number of carbonyl (C=O) groups excluding carboxylic acids is 1. The van der Waals surface area contributed by atoms with Crippen molar-refractivity contribution in [2.45, 2.75) is 6.92 Å². The van der Waals surface area contributed by atoms with E-state index in [1.165, 1.54) is 11.3 Å². The third-order valence-corrected chi connectivity index (χ3v) is 3.45. The van der Waals surface area contributed by atoms with E-state index in [9.17, 15) is 4.79 Å². The van der Waals surface area contributed by atoms with E-state index in [-0.39, 0.29) is 5.78 Å². The summed E-state index contributed by atoms with van der Waals surface area (Å²) in [6.45, 7) is 1.90. The number of nitrogens with zero attached hydrogens (tertiary/aromatic N) is 1. The minimum Gasteiger partial charge on any atom is -0.452 e. The van der Waals surface area contributed by atoms with Crippen molar-refractivity contribution >= 4 is 28.1 Å². The Hall–Kier alpha value is -1.94. The molecule has 0 unspecified atom stereocenters. The SMILES string of the molecule is Cc1c(C(=O)c2nccs2)oc2ccccc12. The molecule has 0 aliphatic rings. The Morgan fingerprint density at radius 2 is 2.18 bits per heavy atom. The topological polar surface area (TPSA) is 43.1 Å². The van der Waals surface area contributed by atoms with Crippen molar-refractivity contribution in [1.29, 1.82) is 0 Å². The lowest BCUT2D eigenvalue weighted by Crippen LogP contribution is -2.00. The number of carbonyl (C=O) groups is 1. The number of fused-ring (bicyclic) bond motifs is 1. The molecule has 0 saturated carbocycles. The van der Waals surface area contributed by atoms with Crippen LogP contribution in [-0.2, 0) is 0 Å². The van der Waals surface area contributed by atoms with E-state index >= 15 is 0 Å². The van der Waals surface area contributed by atoms with Gasteiger partial charge in [0.15, 0.2) is 10.8 Å². The van der Waals surface area contributed by atoms with Gasteiger partial charge in [-0.1, -0.05) is 18.2 Å². The summed E-state index contributed by atoms with van der Waals surface area (Å²) in [7, 11) is 0. The van der Waals surface area contributed by atoms with Gasteiger partial charge in [-0.2, -0.15) is 0 Å². The van der Waals surface area contributed by atoms with Crippen LogP contribution in [0.5, 0.6) is 0 Å². The van der Waals surface area contributed by atoms with Crippen LogP contribution in [0.25, 0.3) is 11.0 Å². The number of para-hydroxylation sites is 1. The van der Waals surface area contributed by atoms with Crippen molar-refractivity contribution in [3.05, 3.63) is 52.2 Å². The number of hydrogen-bond acceptors (Lipinski definition) is 4. The van der Waals surface area contributed by atoms with Gasteiger partial charge in [0.05, 0.1) is 0 Å². The van der Waals surface area contributed by atoms with Gasteiger partial charge in [0.2, 0.25) is 0 Å². The molecule has 0 N–H and O–H groups in total. The molecule has 0 bridgehead atoms. The fourth-order valence-electron chi connectivity index (χ4n) is 1.82. The molecular weight excluding hydrogens is 234 g/mol. The van der Waals surface area contributed by atoms with Gasteiger partial charge >= 0.3 is 0 Å². The van der Waals surface area contributed by atoms with Crippen molar-refractivity contribution in [3.8, 4) is 0 Å². The summed E-state index contributed by atoms with van der Waals surface area (Å²) in [6, 6.07) is 7.64. The second-order valence-electron chi connectivity index (χ2n) is 3.72. The highest BCUT2D eigenvalue weighted by Crippen LogP contribution is 2.27. The Bertz CT molecular complexity index is 683. The molecule has 0 aliphatic carbocycles. The highest BCUT2D eigenvalue weighted by molar-refractivity contribution is 7.11. The van der Waals surface area contributed by atoms with Crippen LogP contribution in [0.15, 0.2) is 40.3 Å². The molecule has 2 heterocycles. The van der Waals surface area contributed by atoms with Crippen LogP contribution in [0.1, 0.15) is 21.1 Å². The second-order valence-corrected chi connectivity index (χ2v) is 4.61. The van der Waals surface area contributed by atoms with Gasteiger partial charge in [0, 0.05) is 22.5 Å². The Balaban J connectivity index is 2.18. The third-order valence-electron chi connectivity index (χ3n) is 2.68. The summed E-state index contributed by atoms with van der Waals surface area (Å²) < 4.78 is 5.60. The summed E-state index contributed by atoms with van der Waals surface area (Å²) in [4.78, 5) is 16.2. The molecular formula is C13H9NO2S. The number of furan rings is 1. The number of thiazole rings is 1. The molecule has 0 radical (unpaired) electrons. The molecule has 84 valence electrons. The second kappa shape index (κ2) is 3.82. The van der Waals surface area contributed by atoms with E-state index < -0.39 is 0 Å². The van der Waals surface area contributed by atoms with Crippen LogP contribution in [0.3, 0.4) is 0 Å². The van der Waals surface area contributed by atoms with E-state index in [0.717, 1.165) is 16.5 Å². The summed E-state index contributed by atoms with van der Waals surface area (Å²) in [6.07, 6.45) is 1.62. The van der Waals surface area contributed by atoms with Crippen LogP contribution >= 0.6 is 11.3 Å². The van der Waals surface area contributed by atoms with E-state index in [1.807, 2.05) is 31.2 Å².